The Kier molecular flexibility index (Phi) is 4.74. The van der Waals surface area contributed by atoms with E-state index >= 15 is 0 Å². The second-order valence-electron chi connectivity index (χ2n) is 4.65. The van der Waals surface area contributed by atoms with E-state index in [1.54, 1.807) is 39.9 Å². The summed E-state index contributed by atoms with van der Waals surface area (Å²) >= 11 is 0. The minimum atomic E-state index is -0.855. The van der Waals surface area contributed by atoms with Gasteiger partial charge in [-0.3, -0.25) is 14.5 Å². The van der Waals surface area contributed by atoms with Gasteiger partial charge in [0.05, 0.1) is 12.0 Å². The lowest BCUT2D eigenvalue weighted by Gasteiger charge is -2.26. The van der Waals surface area contributed by atoms with E-state index in [9.17, 15) is 9.59 Å². The van der Waals surface area contributed by atoms with Crippen molar-refractivity contribution in [3.05, 3.63) is 0 Å². The maximum atomic E-state index is 11.3. The molecule has 0 aliphatic rings. The van der Waals surface area contributed by atoms with Gasteiger partial charge < -0.3 is 10.0 Å². The number of carbonyl (C=O) groups excluding carboxylic acids is 1. The van der Waals surface area contributed by atoms with Gasteiger partial charge in [0.25, 0.3) is 0 Å². The van der Waals surface area contributed by atoms with E-state index in [0.29, 0.717) is 6.54 Å². The Balaban J connectivity index is 4.20. The summed E-state index contributed by atoms with van der Waals surface area (Å²) in [5.41, 5.74) is -0.832. The van der Waals surface area contributed by atoms with Crippen LogP contribution in [0.15, 0.2) is 0 Å². The molecule has 0 aromatic rings. The molecule has 15 heavy (non-hydrogen) atoms. The maximum Gasteiger partial charge on any atom is 0.310 e. The zero-order chi connectivity index (χ0) is 12.2. The molecule has 0 fully saturated rings. The Morgan fingerprint density at radius 3 is 2.00 bits per heavy atom. The van der Waals surface area contributed by atoms with Crippen LogP contribution in [0.25, 0.3) is 0 Å². The molecule has 0 atom stereocenters. The van der Waals surface area contributed by atoms with Crippen LogP contribution in [0.1, 0.15) is 13.8 Å². The molecule has 1 N–H and O–H groups in total. The summed E-state index contributed by atoms with van der Waals surface area (Å²) in [7, 11) is 5.10. The highest BCUT2D eigenvalue weighted by Crippen LogP contribution is 2.16. The molecule has 0 spiro atoms. The first-order chi connectivity index (χ1) is 6.66. The van der Waals surface area contributed by atoms with Crippen molar-refractivity contribution in [2.24, 2.45) is 5.41 Å². The van der Waals surface area contributed by atoms with Gasteiger partial charge in [-0.05, 0) is 20.9 Å². The van der Waals surface area contributed by atoms with Crippen molar-refractivity contribution >= 4 is 11.9 Å². The number of rotatable bonds is 5. The smallest absolute Gasteiger partial charge is 0.310 e. The molecular formula is C10H20N2O3. The molecular weight excluding hydrogens is 196 g/mol. The largest absolute Gasteiger partial charge is 0.481 e. The monoisotopic (exact) mass is 216 g/mol. The lowest BCUT2D eigenvalue weighted by Crippen LogP contribution is -2.41. The molecule has 0 unspecified atom stereocenters. The highest BCUT2D eigenvalue weighted by molar-refractivity contribution is 5.78. The first-order valence-corrected chi connectivity index (χ1v) is 4.79. The highest BCUT2D eigenvalue weighted by atomic mass is 16.4. The number of carboxylic acids is 1. The van der Waals surface area contributed by atoms with Gasteiger partial charge in [-0.25, -0.2) is 0 Å². The van der Waals surface area contributed by atoms with E-state index in [1.807, 2.05) is 0 Å². The van der Waals surface area contributed by atoms with Gasteiger partial charge in [-0.15, -0.1) is 0 Å². The average molecular weight is 216 g/mol. The Morgan fingerprint density at radius 1 is 1.20 bits per heavy atom. The van der Waals surface area contributed by atoms with Crippen LogP contribution in [0, 0.1) is 5.41 Å². The topological polar surface area (TPSA) is 60.9 Å². The van der Waals surface area contributed by atoms with Crippen LogP contribution in [-0.2, 0) is 9.59 Å². The predicted molar refractivity (Wildman–Crippen MR) is 57.6 cm³/mol. The third-order valence-corrected chi connectivity index (χ3v) is 2.15. The van der Waals surface area contributed by atoms with Crippen LogP contribution in [0.3, 0.4) is 0 Å². The Morgan fingerprint density at radius 2 is 1.67 bits per heavy atom. The molecule has 0 radical (unpaired) electrons. The second-order valence-corrected chi connectivity index (χ2v) is 4.65. The summed E-state index contributed by atoms with van der Waals surface area (Å²) in [4.78, 5) is 25.4. The first kappa shape index (κ1) is 13.9. The summed E-state index contributed by atoms with van der Waals surface area (Å²) in [5.74, 6) is -0.884. The van der Waals surface area contributed by atoms with Crippen LogP contribution in [0.5, 0.6) is 0 Å². The van der Waals surface area contributed by atoms with Crippen LogP contribution in [-0.4, -0.2) is 61.0 Å². The van der Waals surface area contributed by atoms with Crippen molar-refractivity contribution in [2.45, 2.75) is 13.8 Å². The number of amides is 1. The number of hydrogen-bond acceptors (Lipinski definition) is 3. The minimum Gasteiger partial charge on any atom is -0.481 e. The van der Waals surface area contributed by atoms with Gasteiger partial charge in [0.1, 0.15) is 0 Å². The maximum absolute atomic E-state index is 11.3. The number of nitrogens with zero attached hydrogens (tertiary/aromatic N) is 2. The number of hydrogen-bond donors (Lipinski definition) is 1. The number of aliphatic carboxylic acids is 1. The van der Waals surface area contributed by atoms with Crippen molar-refractivity contribution in [2.75, 3.05) is 34.2 Å². The van der Waals surface area contributed by atoms with Crippen molar-refractivity contribution < 1.29 is 14.7 Å². The minimum absolute atomic E-state index is 0.0290. The van der Waals surface area contributed by atoms with Gasteiger partial charge in [-0.2, -0.15) is 0 Å². The Hall–Kier alpha value is -1.10. The lowest BCUT2D eigenvalue weighted by atomic mass is 9.93. The molecule has 5 nitrogen and oxygen atoms in total. The fraction of sp³-hybridized carbons (Fsp3) is 0.800. The van der Waals surface area contributed by atoms with E-state index in [1.165, 1.54) is 4.90 Å². The van der Waals surface area contributed by atoms with E-state index in [4.69, 9.17) is 5.11 Å². The Labute approximate surface area is 90.7 Å². The van der Waals surface area contributed by atoms with Crippen molar-refractivity contribution in [1.29, 1.82) is 0 Å². The van der Waals surface area contributed by atoms with E-state index in [-0.39, 0.29) is 12.5 Å². The van der Waals surface area contributed by atoms with Crippen LogP contribution in [0.2, 0.25) is 0 Å². The normalized spacial score (nSPS) is 11.6. The molecule has 0 bridgehead atoms. The number of likely N-dealkylation sites (N-methyl/N-ethyl adjacent to an activating group) is 2. The van der Waals surface area contributed by atoms with Crippen molar-refractivity contribution in [1.82, 2.24) is 9.80 Å². The molecule has 0 aliphatic carbocycles. The van der Waals surface area contributed by atoms with Crippen LogP contribution < -0.4 is 0 Å². The summed E-state index contributed by atoms with van der Waals surface area (Å²) in [5, 5.41) is 8.91. The highest BCUT2D eigenvalue weighted by Gasteiger charge is 2.29. The zero-order valence-corrected chi connectivity index (χ0v) is 10.1. The number of carboxylic acid groups (broad SMARTS) is 1. The first-order valence-electron chi connectivity index (χ1n) is 4.79. The fourth-order valence-corrected chi connectivity index (χ4v) is 1.17. The predicted octanol–water partition coefficient (Wildman–Crippen LogP) is 0.117. The van der Waals surface area contributed by atoms with Crippen LogP contribution >= 0.6 is 0 Å². The standard InChI is InChI=1S/C10H20N2O3/c1-10(2,9(14)15)7-12(5)6-8(13)11(3)4/h6-7H2,1-5H3,(H,14,15). The van der Waals surface area contributed by atoms with Crippen LogP contribution in [0.4, 0.5) is 0 Å². The van der Waals surface area contributed by atoms with E-state index in [0.717, 1.165) is 0 Å². The van der Waals surface area contributed by atoms with Crippen molar-refractivity contribution in [3.8, 4) is 0 Å². The average Bonchev–Trinajstić information content (AvgIpc) is 2.01. The third-order valence-electron chi connectivity index (χ3n) is 2.15. The molecule has 0 rings (SSSR count). The third kappa shape index (κ3) is 4.78. The lowest BCUT2D eigenvalue weighted by molar-refractivity contribution is -0.148. The molecule has 0 saturated carbocycles. The number of carbonyl (C=O) groups is 2. The molecule has 1 amide bonds. The fourth-order valence-electron chi connectivity index (χ4n) is 1.17. The molecule has 0 heterocycles. The Bertz CT molecular complexity index is 249. The van der Waals surface area contributed by atoms with Gasteiger partial charge in [-0.1, -0.05) is 0 Å². The summed E-state index contributed by atoms with van der Waals surface area (Å²) < 4.78 is 0. The zero-order valence-electron chi connectivity index (χ0n) is 10.1. The quantitative estimate of drug-likeness (QED) is 0.709. The molecule has 88 valence electrons. The van der Waals surface area contributed by atoms with Gasteiger partial charge >= 0.3 is 5.97 Å². The van der Waals surface area contributed by atoms with Gasteiger partial charge in [0, 0.05) is 20.6 Å². The van der Waals surface area contributed by atoms with E-state index < -0.39 is 11.4 Å². The molecule has 0 aromatic heterocycles. The summed E-state index contributed by atoms with van der Waals surface area (Å²) in [6.45, 7) is 3.88. The van der Waals surface area contributed by atoms with Gasteiger partial charge in [0.2, 0.25) is 5.91 Å². The summed E-state index contributed by atoms with van der Waals surface area (Å²) in [6, 6.07) is 0. The second kappa shape index (κ2) is 5.11. The van der Waals surface area contributed by atoms with E-state index in [2.05, 4.69) is 0 Å². The van der Waals surface area contributed by atoms with Gasteiger partial charge in [0.15, 0.2) is 0 Å². The molecule has 5 heteroatoms. The molecule has 0 aliphatic heterocycles. The van der Waals surface area contributed by atoms with Crippen molar-refractivity contribution in [3.63, 3.8) is 0 Å². The SMILES string of the molecule is CN(CC(=O)N(C)C)CC(C)(C)C(=O)O. The summed E-state index contributed by atoms with van der Waals surface area (Å²) in [6.07, 6.45) is 0. The molecule has 0 aromatic carbocycles. The molecule has 0 saturated heterocycles.